The molecule has 0 bridgehead atoms. The van der Waals surface area contributed by atoms with Crippen LogP contribution in [0.25, 0.3) is 0 Å². The van der Waals surface area contributed by atoms with Crippen LogP contribution in [0.4, 0.5) is 0 Å². The number of hydrogen-bond acceptors (Lipinski definition) is 3. The molecule has 0 amide bonds. The van der Waals surface area contributed by atoms with Crippen molar-refractivity contribution in [3.63, 3.8) is 0 Å². The topological polar surface area (TPSA) is 54.9 Å². The van der Waals surface area contributed by atoms with Gasteiger partial charge in [-0.1, -0.05) is 12.8 Å². The molecule has 2 saturated carbocycles. The molecular formula is C18H32IN3O2. The smallest absolute Gasteiger partial charge is 0.191 e. The van der Waals surface area contributed by atoms with Gasteiger partial charge in [-0.2, -0.15) is 0 Å². The zero-order valence-corrected chi connectivity index (χ0v) is 17.1. The van der Waals surface area contributed by atoms with E-state index in [1.807, 2.05) is 0 Å². The second-order valence-corrected chi connectivity index (χ2v) is 7.66. The molecule has 2 saturated heterocycles. The third kappa shape index (κ3) is 3.30. The van der Waals surface area contributed by atoms with Crippen molar-refractivity contribution in [1.82, 2.24) is 10.6 Å². The summed E-state index contributed by atoms with van der Waals surface area (Å²) < 4.78 is 11.8. The first kappa shape index (κ1) is 18.7. The summed E-state index contributed by atoms with van der Waals surface area (Å²) in [5, 5.41) is 7.22. The molecule has 2 aliphatic heterocycles. The lowest BCUT2D eigenvalue weighted by Crippen LogP contribution is -2.69. The molecule has 4 unspecified atom stereocenters. The normalized spacial score (nSPS) is 37.0. The lowest BCUT2D eigenvalue weighted by molar-refractivity contribution is -0.125. The zero-order chi connectivity index (χ0) is 15.7. The monoisotopic (exact) mass is 449 g/mol. The zero-order valence-electron chi connectivity index (χ0n) is 14.8. The van der Waals surface area contributed by atoms with Gasteiger partial charge >= 0.3 is 0 Å². The van der Waals surface area contributed by atoms with Crippen molar-refractivity contribution < 1.29 is 9.47 Å². The molecule has 6 heteroatoms. The molecule has 0 radical (unpaired) electrons. The van der Waals surface area contributed by atoms with Gasteiger partial charge in [0.1, 0.15) is 0 Å². The third-order valence-corrected chi connectivity index (χ3v) is 6.40. The molecule has 2 N–H and O–H groups in total. The van der Waals surface area contributed by atoms with E-state index in [0.29, 0.717) is 29.6 Å². The number of hydrogen-bond donors (Lipinski definition) is 2. The molecule has 0 aromatic rings. The number of rotatable bonds is 4. The second kappa shape index (κ2) is 8.08. The van der Waals surface area contributed by atoms with E-state index in [2.05, 4.69) is 17.6 Å². The van der Waals surface area contributed by atoms with E-state index in [0.717, 1.165) is 38.7 Å². The molecule has 4 aliphatic rings. The first-order valence-electron chi connectivity index (χ1n) is 9.61. The summed E-state index contributed by atoms with van der Waals surface area (Å²) in [5.41, 5.74) is 0.376. The molecule has 4 rings (SSSR count). The van der Waals surface area contributed by atoms with Gasteiger partial charge < -0.3 is 20.1 Å². The van der Waals surface area contributed by atoms with Crippen molar-refractivity contribution in [3.8, 4) is 0 Å². The van der Waals surface area contributed by atoms with Crippen LogP contribution in [0.3, 0.4) is 0 Å². The van der Waals surface area contributed by atoms with E-state index in [9.17, 15) is 0 Å². The molecule has 2 aliphatic carbocycles. The highest BCUT2D eigenvalue weighted by Gasteiger charge is 2.65. The Labute approximate surface area is 162 Å². The number of aliphatic imine (C=N–C) groups is 1. The largest absolute Gasteiger partial charge is 0.377 e. The maximum Gasteiger partial charge on any atom is 0.191 e. The highest BCUT2D eigenvalue weighted by Crippen LogP contribution is 2.60. The molecule has 1 spiro atoms. The van der Waals surface area contributed by atoms with E-state index in [-0.39, 0.29) is 24.0 Å². The Hall–Kier alpha value is -0.0800. The average molecular weight is 449 g/mol. The van der Waals surface area contributed by atoms with Gasteiger partial charge in [-0.05, 0) is 39.0 Å². The van der Waals surface area contributed by atoms with Crippen molar-refractivity contribution >= 4 is 29.9 Å². The fraction of sp³-hybridized carbons (Fsp3) is 0.944. The van der Waals surface area contributed by atoms with Gasteiger partial charge in [0.25, 0.3) is 0 Å². The van der Waals surface area contributed by atoms with Crippen LogP contribution < -0.4 is 10.6 Å². The Morgan fingerprint density at radius 1 is 1.12 bits per heavy atom. The lowest BCUT2D eigenvalue weighted by Gasteiger charge is -2.57. The van der Waals surface area contributed by atoms with Crippen molar-refractivity contribution in [2.45, 2.75) is 70.1 Å². The summed E-state index contributed by atoms with van der Waals surface area (Å²) in [5.74, 6) is 1.66. The predicted octanol–water partition coefficient (Wildman–Crippen LogP) is 2.69. The molecule has 24 heavy (non-hydrogen) atoms. The van der Waals surface area contributed by atoms with Gasteiger partial charge in [-0.15, -0.1) is 24.0 Å². The minimum Gasteiger partial charge on any atom is -0.377 e. The van der Waals surface area contributed by atoms with Crippen LogP contribution in [-0.2, 0) is 9.47 Å². The summed E-state index contributed by atoms with van der Waals surface area (Å²) in [4.78, 5) is 4.81. The van der Waals surface area contributed by atoms with E-state index in [4.69, 9.17) is 14.5 Å². The van der Waals surface area contributed by atoms with E-state index in [1.54, 1.807) is 0 Å². The van der Waals surface area contributed by atoms with Crippen LogP contribution >= 0.6 is 24.0 Å². The first-order valence-corrected chi connectivity index (χ1v) is 9.61. The Balaban J connectivity index is 0.00000169. The van der Waals surface area contributed by atoms with E-state index in [1.165, 1.54) is 38.5 Å². The Morgan fingerprint density at radius 3 is 2.67 bits per heavy atom. The van der Waals surface area contributed by atoms with Crippen molar-refractivity contribution in [3.05, 3.63) is 0 Å². The number of fused-ring (bicyclic) bond motifs is 2. The van der Waals surface area contributed by atoms with Gasteiger partial charge in [0, 0.05) is 37.1 Å². The van der Waals surface area contributed by atoms with Gasteiger partial charge in [0.2, 0.25) is 0 Å². The minimum absolute atomic E-state index is 0. The highest BCUT2D eigenvalue weighted by atomic mass is 127. The lowest BCUT2D eigenvalue weighted by atomic mass is 9.54. The number of ether oxygens (including phenoxy) is 2. The van der Waals surface area contributed by atoms with Crippen LogP contribution in [-0.4, -0.2) is 50.5 Å². The standard InChI is InChI=1S/C18H31N3O2.HI/c1-2-19-17(20-12-13-6-5-10-22-13)21-15-14-7-11-23-16(14)18(15)8-3-4-9-18;/h13-16H,2-12H2,1H3,(H2,19,20,21);1H. The summed E-state index contributed by atoms with van der Waals surface area (Å²) in [6.45, 7) is 5.66. The molecule has 0 aromatic heterocycles. The molecular weight excluding hydrogens is 417 g/mol. The van der Waals surface area contributed by atoms with E-state index < -0.39 is 0 Å². The molecule has 5 nitrogen and oxygen atoms in total. The van der Waals surface area contributed by atoms with Crippen LogP contribution in [0.1, 0.15) is 51.9 Å². The first-order chi connectivity index (χ1) is 11.3. The summed E-state index contributed by atoms with van der Waals surface area (Å²) in [7, 11) is 0. The van der Waals surface area contributed by atoms with Crippen molar-refractivity contribution in [2.75, 3.05) is 26.3 Å². The summed E-state index contributed by atoms with van der Waals surface area (Å²) >= 11 is 0. The maximum atomic E-state index is 6.08. The molecule has 4 fully saturated rings. The SMILES string of the molecule is CCNC(=NCC1CCCO1)NC1C2CCOC2C12CCCC2.I. The van der Waals surface area contributed by atoms with Crippen LogP contribution in [0.2, 0.25) is 0 Å². The Kier molecular flexibility index (Phi) is 6.30. The molecule has 2 heterocycles. The van der Waals surface area contributed by atoms with Crippen LogP contribution in [0, 0.1) is 11.3 Å². The fourth-order valence-corrected chi connectivity index (χ4v) is 5.35. The van der Waals surface area contributed by atoms with E-state index >= 15 is 0 Å². The second-order valence-electron chi connectivity index (χ2n) is 7.66. The molecule has 138 valence electrons. The number of nitrogens with one attached hydrogen (secondary N) is 2. The quantitative estimate of drug-likeness (QED) is 0.394. The fourth-order valence-electron chi connectivity index (χ4n) is 5.35. The average Bonchev–Trinajstić information content (AvgIpc) is 3.30. The maximum absolute atomic E-state index is 6.08. The van der Waals surface area contributed by atoms with Crippen LogP contribution in [0.5, 0.6) is 0 Å². The number of guanidine groups is 1. The number of nitrogens with zero attached hydrogens (tertiary/aromatic N) is 1. The summed E-state index contributed by atoms with van der Waals surface area (Å²) in [6.07, 6.45) is 9.69. The predicted molar refractivity (Wildman–Crippen MR) is 106 cm³/mol. The van der Waals surface area contributed by atoms with Crippen molar-refractivity contribution in [2.24, 2.45) is 16.3 Å². The van der Waals surface area contributed by atoms with Crippen LogP contribution in [0.15, 0.2) is 4.99 Å². The van der Waals surface area contributed by atoms with Gasteiger partial charge in [-0.3, -0.25) is 4.99 Å². The minimum atomic E-state index is 0. The third-order valence-electron chi connectivity index (χ3n) is 6.40. The van der Waals surface area contributed by atoms with Gasteiger partial charge in [-0.25, -0.2) is 0 Å². The highest BCUT2D eigenvalue weighted by molar-refractivity contribution is 14.0. The Bertz CT molecular complexity index is 448. The van der Waals surface area contributed by atoms with Crippen molar-refractivity contribution in [1.29, 1.82) is 0 Å². The molecule has 4 atom stereocenters. The molecule has 0 aromatic carbocycles. The summed E-state index contributed by atoms with van der Waals surface area (Å²) in [6, 6.07) is 0.541. The Morgan fingerprint density at radius 2 is 1.96 bits per heavy atom. The number of halogens is 1. The van der Waals surface area contributed by atoms with Gasteiger partial charge in [0.15, 0.2) is 5.96 Å². The van der Waals surface area contributed by atoms with Gasteiger partial charge in [0.05, 0.1) is 18.8 Å².